The average Bonchev–Trinajstić information content (AvgIpc) is 3.11. The summed E-state index contributed by atoms with van der Waals surface area (Å²) in [5.74, 6) is 0.108. The normalized spacial score (nSPS) is 24.6. The number of ether oxygens (including phenoxy) is 1. The fourth-order valence-electron chi connectivity index (χ4n) is 2.63. The van der Waals surface area contributed by atoms with Gasteiger partial charge in [-0.25, -0.2) is 0 Å². The fourth-order valence-corrected chi connectivity index (χ4v) is 2.63. The van der Waals surface area contributed by atoms with Crippen LogP contribution in [0.15, 0.2) is 0 Å². The van der Waals surface area contributed by atoms with Crippen molar-refractivity contribution in [3.05, 3.63) is 0 Å². The SMILES string of the molecule is CNC(=O)CN1CCN(C2(COC)CC2)CC1. The number of hydrogen-bond acceptors (Lipinski definition) is 4. The minimum absolute atomic E-state index is 0.108. The number of carbonyl (C=O) groups is 1. The van der Waals surface area contributed by atoms with E-state index in [-0.39, 0.29) is 5.91 Å². The van der Waals surface area contributed by atoms with Gasteiger partial charge in [0.05, 0.1) is 13.2 Å². The van der Waals surface area contributed by atoms with Gasteiger partial charge in [0, 0.05) is 45.9 Å². The van der Waals surface area contributed by atoms with E-state index >= 15 is 0 Å². The van der Waals surface area contributed by atoms with Crippen molar-refractivity contribution in [3.8, 4) is 0 Å². The Labute approximate surface area is 103 Å². The van der Waals surface area contributed by atoms with E-state index in [0.29, 0.717) is 12.1 Å². The molecule has 2 rings (SSSR count). The Hall–Kier alpha value is -0.650. The summed E-state index contributed by atoms with van der Waals surface area (Å²) >= 11 is 0. The van der Waals surface area contributed by atoms with Crippen molar-refractivity contribution in [1.82, 2.24) is 15.1 Å². The van der Waals surface area contributed by atoms with E-state index < -0.39 is 0 Å². The predicted octanol–water partition coefficient (Wildman–Crippen LogP) is -0.471. The summed E-state index contributed by atoms with van der Waals surface area (Å²) in [6, 6.07) is 0. The molecule has 0 aromatic rings. The lowest BCUT2D eigenvalue weighted by atomic mass is 10.2. The third-order valence-corrected chi connectivity index (χ3v) is 3.93. The van der Waals surface area contributed by atoms with Gasteiger partial charge >= 0.3 is 0 Å². The second kappa shape index (κ2) is 5.33. The van der Waals surface area contributed by atoms with E-state index in [9.17, 15) is 4.79 Å². The highest BCUT2D eigenvalue weighted by molar-refractivity contribution is 5.77. The Morgan fingerprint density at radius 1 is 1.29 bits per heavy atom. The zero-order chi connectivity index (χ0) is 12.3. The Kier molecular flexibility index (Phi) is 4.01. The zero-order valence-corrected chi connectivity index (χ0v) is 10.9. The average molecular weight is 241 g/mol. The number of nitrogens with zero attached hydrogens (tertiary/aromatic N) is 2. The molecule has 0 unspecified atom stereocenters. The van der Waals surface area contributed by atoms with Gasteiger partial charge in [0.25, 0.3) is 0 Å². The first-order valence-corrected chi connectivity index (χ1v) is 6.37. The van der Waals surface area contributed by atoms with Crippen molar-refractivity contribution in [1.29, 1.82) is 0 Å². The molecule has 2 aliphatic rings. The summed E-state index contributed by atoms with van der Waals surface area (Å²) in [5.41, 5.74) is 0.327. The number of rotatable bonds is 5. The third kappa shape index (κ3) is 2.97. The minimum Gasteiger partial charge on any atom is -0.383 e. The van der Waals surface area contributed by atoms with Gasteiger partial charge in [-0.15, -0.1) is 0 Å². The fraction of sp³-hybridized carbons (Fsp3) is 0.917. The smallest absolute Gasteiger partial charge is 0.233 e. The number of methoxy groups -OCH3 is 1. The van der Waals surface area contributed by atoms with Crippen LogP contribution in [-0.4, -0.2) is 74.7 Å². The Morgan fingerprint density at radius 2 is 1.94 bits per heavy atom. The third-order valence-electron chi connectivity index (χ3n) is 3.93. The van der Waals surface area contributed by atoms with E-state index in [4.69, 9.17) is 4.74 Å². The number of likely N-dealkylation sites (N-methyl/N-ethyl adjacent to an activating group) is 1. The highest BCUT2D eigenvalue weighted by atomic mass is 16.5. The Balaban J connectivity index is 1.76. The Bertz CT molecular complexity index is 271. The maximum absolute atomic E-state index is 11.3. The van der Waals surface area contributed by atoms with Crippen LogP contribution in [0.5, 0.6) is 0 Å². The maximum atomic E-state index is 11.3. The summed E-state index contributed by atoms with van der Waals surface area (Å²) in [6.45, 7) is 5.46. The molecule has 0 spiro atoms. The van der Waals surface area contributed by atoms with Crippen LogP contribution >= 0.6 is 0 Å². The lowest BCUT2D eigenvalue weighted by Gasteiger charge is -2.39. The largest absolute Gasteiger partial charge is 0.383 e. The van der Waals surface area contributed by atoms with Crippen molar-refractivity contribution in [2.45, 2.75) is 18.4 Å². The Morgan fingerprint density at radius 3 is 2.41 bits per heavy atom. The second-order valence-corrected chi connectivity index (χ2v) is 5.09. The number of carbonyl (C=O) groups excluding carboxylic acids is 1. The van der Waals surface area contributed by atoms with E-state index in [1.54, 1.807) is 14.2 Å². The van der Waals surface area contributed by atoms with Crippen molar-refractivity contribution in [2.75, 3.05) is 53.5 Å². The van der Waals surface area contributed by atoms with Gasteiger partial charge in [-0.1, -0.05) is 0 Å². The van der Waals surface area contributed by atoms with Crippen molar-refractivity contribution >= 4 is 5.91 Å². The van der Waals surface area contributed by atoms with Crippen LogP contribution in [-0.2, 0) is 9.53 Å². The topological polar surface area (TPSA) is 44.8 Å². The first-order valence-electron chi connectivity index (χ1n) is 6.37. The molecule has 1 saturated carbocycles. The molecule has 5 nitrogen and oxygen atoms in total. The van der Waals surface area contributed by atoms with Crippen LogP contribution in [0, 0.1) is 0 Å². The van der Waals surface area contributed by atoms with Gasteiger partial charge in [-0.3, -0.25) is 14.6 Å². The summed E-state index contributed by atoms with van der Waals surface area (Å²) in [6.07, 6.45) is 2.52. The number of amides is 1. The molecule has 98 valence electrons. The van der Waals surface area contributed by atoms with Crippen LogP contribution in [0.3, 0.4) is 0 Å². The molecular weight excluding hydrogens is 218 g/mol. The molecule has 1 aliphatic heterocycles. The molecule has 1 heterocycles. The van der Waals surface area contributed by atoms with Gasteiger partial charge < -0.3 is 10.1 Å². The molecule has 1 aliphatic carbocycles. The van der Waals surface area contributed by atoms with Crippen LogP contribution in [0.2, 0.25) is 0 Å². The molecule has 0 aromatic heterocycles. The minimum atomic E-state index is 0.108. The zero-order valence-electron chi connectivity index (χ0n) is 10.9. The second-order valence-electron chi connectivity index (χ2n) is 5.09. The number of piperazine rings is 1. The highest BCUT2D eigenvalue weighted by Gasteiger charge is 2.48. The molecule has 0 aromatic carbocycles. The van der Waals surface area contributed by atoms with Gasteiger partial charge in [0.2, 0.25) is 5.91 Å². The molecule has 17 heavy (non-hydrogen) atoms. The van der Waals surface area contributed by atoms with Crippen LogP contribution in [0.4, 0.5) is 0 Å². The summed E-state index contributed by atoms with van der Waals surface area (Å²) in [7, 11) is 3.47. The molecule has 1 saturated heterocycles. The molecule has 0 atom stereocenters. The van der Waals surface area contributed by atoms with Gasteiger partial charge in [-0.2, -0.15) is 0 Å². The maximum Gasteiger partial charge on any atom is 0.233 e. The molecule has 5 heteroatoms. The van der Waals surface area contributed by atoms with Gasteiger partial charge in [0.15, 0.2) is 0 Å². The summed E-state index contributed by atoms with van der Waals surface area (Å²) in [5, 5.41) is 2.67. The first kappa shape index (κ1) is 12.8. The van der Waals surface area contributed by atoms with Crippen LogP contribution in [0.25, 0.3) is 0 Å². The molecule has 0 bridgehead atoms. The molecule has 1 N–H and O–H groups in total. The van der Waals surface area contributed by atoms with Crippen molar-refractivity contribution < 1.29 is 9.53 Å². The highest BCUT2D eigenvalue weighted by Crippen LogP contribution is 2.42. The van der Waals surface area contributed by atoms with Crippen molar-refractivity contribution in [3.63, 3.8) is 0 Å². The molecule has 1 amide bonds. The summed E-state index contributed by atoms with van der Waals surface area (Å²) < 4.78 is 5.31. The standard InChI is InChI=1S/C12H23N3O2/c1-13-11(16)9-14-5-7-15(8-6-14)12(3-4-12)10-17-2/h3-10H2,1-2H3,(H,13,16). The first-order chi connectivity index (χ1) is 8.20. The quantitative estimate of drug-likeness (QED) is 0.707. The number of nitrogens with one attached hydrogen (secondary N) is 1. The number of hydrogen-bond donors (Lipinski definition) is 1. The lowest BCUT2D eigenvalue weighted by Crippen LogP contribution is -2.54. The molecular formula is C12H23N3O2. The monoisotopic (exact) mass is 241 g/mol. The van der Waals surface area contributed by atoms with E-state index in [1.807, 2.05) is 0 Å². The van der Waals surface area contributed by atoms with E-state index in [1.165, 1.54) is 12.8 Å². The predicted molar refractivity (Wildman–Crippen MR) is 65.9 cm³/mol. The van der Waals surface area contributed by atoms with Gasteiger partial charge in [0.1, 0.15) is 0 Å². The van der Waals surface area contributed by atoms with Crippen molar-refractivity contribution in [2.24, 2.45) is 0 Å². The lowest BCUT2D eigenvalue weighted by molar-refractivity contribution is -0.122. The summed E-state index contributed by atoms with van der Waals surface area (Å²) in [4.78, 5) is 16.0. The van der Waals surface area contributed by atoms with E-state index in [2.05, 4.69) is 15.1 Å². The van der Waals surface area contributed by atoms with E-state index in [0.717, 1.165) is 32.8 Å². The van der Waals surface area contributed by atoms with Crippen LogP contribution < -0.4 is 5.32 Å². The van der Waals surface area contributed by atoms with Gasteiger partial charge in [-0.05, 0) is 12.8 Å². The van der Waals surface area contributed by atoms with Crippen LogP contribution in [0.1, 0.15) is 12.8 Å². The molecule has 2 fully saturated rings. The molecule has 0 radical (unpaired) electrons.